The second kappa shape index (κ2) is 9.18. The number of nitrogens with zero attached hydrogens (tertiary/aromatic N) is 4. The normalized spacial score (nSPS) is 24.8. The topological polar surface area (TPSA) is 84.3 Å². The maximum absolute atomic E-state index is 14.9. The highest BCUT2D eigenvalue weighted by molar-refractivity contribution is 6.32. The molecule has 3 atom stereocenters. The molecule has 1 aliphatic carbocycles. The standard InChI is InChI=1S/C25H25ClF4N6O2/c1-35-18-5-4-13(32-22-15(26)9-31-24(34-22)36-7-6-16(27)17(28)10-36)8-14(18)19-20(23(35)37)38-11-25(29,30)21(33-19)12-2-3-12/h4-5,8-9,12,16-17,21,33H,2-3,6-7,10-11H2,1H3,(H,31,32,34)/t16-,17+,21?/m1/s1. The molecule has 4 heterocycles. The zero-order chi connectivity index (χ0) is 26.8. The number of aryl methyl sites for hydroxylation is 1. The molecule has 3 aliphatic rings. The largest absolute Gasteiger partial charge is 0.480 e. The smallest absolute Gasteiger partial charge is 0.301 e. The van der Waals surface area contributed by atoms with E-state index in [9.17, 15) is 22.4 Å². The van der Waals surface area contributed by atoms with E-state index in [1.165, 1.54) is 10.8 Å². The number of ether oxygens (including phenoxy) is 1. The van der Waals surface area contributed by atoms with Crippen LogP contribution in [0.5, 0.6) is 5.75 Å². The summed E-state index contributed by atoms with van der Waals surface area (Å²) in [5.74, 6) is -3.07. The van der Waals surface area contributed by atoms with E-state index in [4.69, 9.17) is 16.3 Å². The zero-order valence-corrected chi connectivity index (χ0v) is 21.1. The minimum absolute atomic E-state index is 0.0282. The first-order valence-electron chi connectivity index (χ1n) is 12.4. The number of benzene rings is 1. The van der Waals surface area contributed by atoms with Crippen LogP contribution in [0.15, 0.2) is 29.2 Å². The fourth-order valence-electron chi connectivity index (χ4n) is 5.08. The second-order valence-electron chi connectivity index (χ2n) is 10.1. The molecule has 0 radical (unpaired) electrons. The van der Waals surface area contributed by atoms with Crippen LogP contribution < -0.4 is 25.8 Å². The second-order valence-corrected chi connectivity index (χ2v) is 10.5. The Morgan fingerprint density at radius 1 is 1.21 bits per heavy atom. The molecule has 2 N–H and O–H groups in total. The summed E-state index contributed by atoms with van der Waals surface area (Å²) in [6, 6.07) is 3.93. The Hall–Kier alpha value is -3.28. The third kappa shape index (κ3) is 4.38. The summed E-state index contributed by atoms with van der Waals surface area (Å²) in [6.07, 6.45) is -0.395. The van der Waals surface area contributed by atoms with Gasteiger partial charge in [-0.2, -0.15) is 4.98 Å². The number of fused-ring (bicyclic) bond motifs is 3. The zero-order valence-electron chi connectivity index (χ0n) is 20.4. The summed E-state index contributed by atoms with van der Waals surface area (Å²) in [5.41, 5.74) is 0.738. The van der Waals surface area contributed by atoms with Gasteiger partial charge in [0, 0.05) is 24.7 Å². The van der Waals surface area contributed by atoms with Crippen LogP contribution in [0, 0.1) is 5.92 Å². The maximum Gasteiger partial charge on any atom is 0.301 e. The minimum Gasteiger partial charge on any atom is -0.480 e. The van der Waals surface area contributed by atoms with Crippen LogP contribution in [-0.2, 0) is 7.05 Å². The van der Waals surface area contributed by atoms with Gasteiger partial charge in [0.25, 0.3) is 5.56 Å². The van der Waals surface area contributed by atoms with Gasteiger partial charge in [0.15, 0.2) is 12.4 Å². The van der Waals surface area contributed by atoms with Crippen molar-refractivity contribution in [2.24, 2.45) is 13.0 Å². The molecular formula is C25H25ClF4N6O2. The summed E-state index contributed by atoms with van der Waals surface area (Å²) < 4.78 is 64.0. The molecule has 1 aromatic carbocycles. The van der Waals surface area contributed by atoms with E-state index in [0.29, 0.717) is 29.4 Å². The van der Waals surface area contributed by atoms with E-state index in [1.807, 2.05) is 0 Å². The van der Waals surface area contributed by atoms with Crippen LogP contribution in [0.2, 0.25) is 5.02 Å². The molecule has 3 aromatic rings. The molecule has 2 aromatic heterocycles. The van der Waals surface area contributed by atoms with Crippen LogP contribution in [-0.4, -0.2) is 58.5 Å². The lowest BCUT2D eigenvalue weighted by atomic mass is 10.0. The highest BCUT2D eigenvalue weighted by Gasteiger charge is 2.51. The van der Waals surface area contributed by atoms with Crippen molar-refractivity contribution < 1.29 is 22.3 Å². The summed E-state index contributed by atoms with van der Waals surface area (Å²) in [6.45, 7) is -0.792. The quantitative estimate of drug-likeness (QED) is 0.449. The molecule has 0 spiro atoms. The first-order chi connectivity index (χ1) is 18.1. The van der Waals surface area contributed by atoms with Crippen molar-refractivity contribution in [2.45, 2.75) is 43.6 Å². The van der Waals surface area contributed by atoms with E-state index < -0.39 is 36.5 Å². The Morgan fingerprint density at radius 2 is 2.00 bits per heavy atom. The number of nitrogens with one attached hydrogen (secondary N) is 2. The number of piperidine rings is 1. The molecule has 8 nitrogen and oxygen atoms in total. The predicted octanol–water partition coefficient (Wildman–Crippen LogP) is 4.83. The third-order valence-corrected chi connectivity index (χ3v) is 7.63. The molecule has 1 unspecified atom stereocenters. The van der Waals surface area contributed by atoms with Crippen molar-refractivity contribution in [3.05, 3.63) is 39.8 Å². The molecule has 6 rings (SSSR count). The molecule has 1 saturated heterocycles. The first-order valence-corrected chi connectivity index (χ1v) is 12.8. The Kier molecular flexibility index (Phi) is 6.04. The average molecular weight is 553 g/mol. The van der Waals surface area contributed by atoms with Crippen molar-refractivity contribution in [3.8, 4) is 5.75 Å². The third-order valence-electron chi connectivity index (χ3n) is 7.35. The molecular weight excluding hydrogens is 528 g/mol. The van der Waals surface area contributed by atoms with Gasteiger partial charge in [-0.15, -0.1) is 0 Å². The minimum atomic E-state index is -3.15. The molecule has 38 heavy (non-hydrogen) atoms. The van der Waals surface area contributed by atoms with Gasteiger partial charge in [-0.1, -0.05) is 11.6 Å². The Labute approximate surface area is 220 Å². The van der Waals surface area contributed by atoms with Gasteiger partial charge in [0.05, 0.1) is 30.0 Å². The van der Waals surface area contributed by atoms with E-state index >= 15 is 0 Å². The van der Waals surface area contributed by atoms with Crippen molar-refractivity contribution in [3.63, 3.8) is 0 Å². The molecule has 1 saturated carbocycles. The van der Waals surface area contributed by atoms with Gasteiger partial charge in [-0.25, -0.2) is 22.5 Å². The SMILES string of the molecule is Cn1c(=O)c2c(c3cc(Nc4nc(N5CC[C@@H](F)[C@@H](F)C5)ncc4Cl)ccc31)NC(C1CC1)C(F)(F)CO2. The van der Waals surface area contributed by atoms with Gasteiger partial charge in [-0.05, 0) is 43.4 Å². The number of hydrogen-bond donors (Lipinski definition) is 2. The van der Waals surface area contributed by atoms with Crippen LogP contribution in [0.25, 0.3) is 10.9 Å². The number of rotatable bonds is 4. The summed E-state index contributed by atoms with van der Waals surface area (Å²) >= 11 is 6.33. The number of aromatic nitrogens is 3. The van der Waals surface area contributed by atoms with Crippen molar-refractivity contribution >= 4 is 45.6 Å². The lowest BCUT2D eigenvalue weighted by Crippen LogP contribution is -2.44. The molecule has 2 aliphatic heterocycles. The predicted molar refractivity (Wildman–Crippen MR) is 137 cm³/mol. The van der Waals surface area contributed by atoms with Crippen molar-refractivity contribution in [1.82, 2.24) is 14.5 Å². The van der Waals surface area contributed by atoms with Crippen LogP contribution in [0.4, 0.5) is 40.7 Å². The van der Waals surface area contributed by atoms with E-state index in [-0.39, 0.29) is 53.7 Å². The Balaban J connectivity index is 1.37. The van der Waals surface area contributed by atoms with Crippen molar-refractivity contribution in [1.29, 1.82) is 0 Å². The molecule has 0 bridgehead atoms. The number of pyridine rings is 1. The number of hydrogen-bond acceptors (Lipinski definition) is 7. The maximum atomic E-state index is 14.9. The summed E-state index contributed by atoms with van der Waals surface area (Å²) in [5, 5.41) is 6.75. The Morgan fingerprint density at radius 3 is 2.74 bits per heavy atom. The highest BCUT2D eigenvalue weighted by atomic mass is 35.5. The molecule has 13 heteroatoms. The van der Waals surface area contributed by atoms with Gasteiger partial charge in [0.1, 0.15) is 17.4 Å². The fourth-order valence-corrected chi connectivity index (χ4v) is 5.22. The van der Waals surface area contributed by atoms with Gasteiger partial charge < -0.3 is 24.8 Å². The fraction of sp³-hybridized carbons (Fsp3) is 0.480. The van der Waals surface area contributed by atoms with Gasteiger partial charge in [-0.3, -0.25) is 4.79 Å². The Bertz CT molecular complexity index is 1470. The molecule has 2 fully saturated rings. The van der Waals surface area contributed by atoms with Gasteiger partial charge >= 0.3 is 5.92 Å². The van der Waals surface area contributed by atoms with E-state index in [1.54, 1.807) is 30.1 Å². The average Bonchev–Trinajstić information content (AvgIpc) is 3.73. The number of halogens is 5. The van der Waals surface area contributed by atoms with Gasteiger partial charge in [0.2, 0.25) is 11.7 Å². The van der Waals surface area contributed by atoms with E-state index in [2.05, 4.69) is 20.6 Å². The summed E-state index contributed by atoms with van der Waals surface area (Å²) in [4.78, 5) is 23.1. The van der Waals surface area contributed by atoms with Crippen molar-refractivity contribution in [2.75, 3.05) is 35.2 Å². The molecule has 0 amide bonds. The highest BCUT2D eigenvalue weighted by Crippen LogP contribution is 2.45. The van der Waals surface area contributed by atoms with Crippen LogP contribution in [0.3, 0.4) is 0 Å². The molecule has 202 valence electrons. The number of anilines is 4. The van der Waals surface area contributed by atoms with Crippen LogP contribution in [0.1, 0.15) is 19.3 Å². The van der Waals surface area contributed by atoms with E-state index in [0.717, 1.165) is 0 Å². The monoisotopic (exact) mass is 552 g/mol. The lowest BCUT2D eigenvalue weighted by Gasteiger charge is -2.31. The lowest BCUT2D eigenvalue weighted by molar-refractivity contribution is -0.0579. The summed E-state index contributed by atoms with van der Waals surface area (Å²) in [7, 11) is 1.55. The number of alkyl halides is 4. The van der Waals surface area contributed by atoms with Crippen LogP contribution >= 0.6 is 11.6 Å². The first kappa shape index (κ1) is 25.0.